The van der Waals surface area contributed by atoms with Crippen LogP contribution in [0.4, 0.5) is 5.69 Å². The minimum atomic E-state index is -3.62. The molecule has 1 fully saturated rings. The van der Waals surface area contributed by atoms with E-state index in [4.69, 9.17) is 5.73 Å². The Labute approximate surface area is 106 Å². The first kappa shape index (κ1) is 12.8. The summed E-state index contributed by atoms with van der Waals surface area (Å²) in [6.45, 7) is 2.24. The van der Waals surface area contributed by atoms with Gasteiger partial charge in [-0.05, 0) is 30.7 Å². The summed E-state index contributed by atoms with van der Waals surface area (Å²) in [4.78, 5) is 11.4. The normalized spacial score (nSPS) is 17.5. The molecule has 0 atom stereocenters. The Hall–Kier alpha value is -1.60. The molecule has 1 aromatic carbocycles. The molecule has 0 aromatic heterocycles. The van der Waals surface area contributed by atoms with Gasteiger partial charge in [-0.25, -0.2) is 8.42 Å². The van der Waals surface area contributed by atoms with E-state index in [2.05, 4.69) is 5.32 Å². The van der Waals surface area contributed by atoms with Gasteiger partial charge in [-0.15, -0.1) is 0 Å². The number of carbonyl (C=O) groups excluding carboxylic acids is 1. The second kappa shape index (κ2) is 4.58. The average molecular weight is 269 g/mol. The number of amides is 1. The lowest BCUT2D eigenvalue weighted by atomic mass is 10.2. The van der Waals surface area contributed by atoms with Gasteiger partial charge in [0.25, 0.3) is 0 Å². The molecule has 6 nitrogen and oxygen atoms in total. The zero-order valence-electron chi connectivity index (χ0n) is 10.0. The van der Waals surface area contributed by atoms with Crippen LogP contribution >= 0.6 is 0 Å². The molecule has 1 aliphatic heterocycles. The highest BCUT2D eigenvalue weighted by Crippen LogP contribution is 2.20. The summed E-state index contributed by atoms with van der Waals surface area (Å²) in [5.74, 6) is -0.281. The van der Waals surface area contributed by atoms with Gasteiger partial charge < -0.3 is 11.1 Å². The summed E-state index contributed by atoms with van der Waals surface area (Å²) in [6, 6.07) is 4.55. The SMILES string of the molecule is Cc1cc(S(=O)(=O)N2CCNC(=O)C2)ccc1N. The monoisotopic (exact) mass is 269 g/mol. The number of nitrogens with one attached hydrogen (secondary N) is 1. The maximum atomic E-state index is 12.3. The van der Waals surface area contributed by atoms with Gasteiger partial charge in [-0.2, -0.15) is 4.31 Å². The van der Waals surface area contributed by atoms with Crippen LogP contribution in [0.1, 0.15) is 5.56 Å². The second-order valence-corrected chi connectivity index (χ2v) is 6.14. The minimum Gasteiger partial charge on any atom is -0.399 e. The first-order chi connectivity index (χ1) is 8.41. The van der Waals surface area contributed by atoms with Crippen LogP contribution in [-0.4, -0.2) is 38.3 Å². The number of nitrogens with two attached hydrogens (primary N) is 1. The number of benzene rings is 1. The molecule has 2 rings (SSSR count). The van der Waals surface area contributed by atoms with Gasteiger partial charge in [0.15, 0.2) is 0 Å². The maximum absolute atomic E-state index is 12.3. The third-order valence-corrected chi connectivity index (χ3v) is 4.72. The van der Waals surface area contributed by atoms with Gasteiger partial charge in [0.05, 0.1) is 11.4 Å². The number of nitrogens with zero attached hydrogens (tertiary/aromatic N) is 1. The third-order valence-electron chi connectivity index (χ3n) is 2.88. The summed E-state index contributed by atoms with van der Waals surface area (Å²) in [5.41, 5.74) is 6.91. The van der Waals surface area contributed by atoms with Crippen LogP contribution < -0.4 is 11.1 Å². The number of aryl methyl sites for hydroxylation is 1. The number of piperazine rings is 1. The molecule has 1 saturated heterocycles. The van der Waals surface area contributed by atoms with E-state index in [0.717, 1.165) is 0 Å². The van der Waals surface area contributed by atoms with Crippen molar-refractivity contribution < 1.29 is 13.2 Å². The molecule has 3 N–H and O–H groups in total. The number of carbonyl (C=O) groups is 1. The predicted octanol–water partition coefficient (Wildman–Crippen LogP) is -0.302. The molecule has 0 unspecified atom stereocenters. The molecule has 1 aromatic rings. The zero-order valence-corrected chi connectivity index (χ0v) is 10.8. The van der Waals surface area contributed by atoms with Crippen LogP contribution in [0, 0.1) is 6.92 Å². The Morgan fingerprint density at radius 1 is 1.39 bits per heavy atom. The smallest absolute Gasteiger partial charge is 0.243 e. The molecule has 0 saturated carbocycles. The zero-order chi connectivity index (χ0) is 13.3. The Kier molecular flexibility index (Phi) is 3.27. The second-order valence-electron chi connectivity index (χ2n) is 4.21. The largest absolute Gasteiger partial charge is 0.399 e. The van der Waals surface area contributed by atoms with Crippen molar-refractivity contribution in [3.8, 4) is 0 Å². The topological polar surface area (TPSA) is 92.5 Å². The molecule has 7 heteroatoms. The minimum absolute atomic E-state index is 0.133. The van der Waals surface area contributed by atoms with E-state index in [1.165, 1.54) is 16.4 Å². The first-order valence-corrected chi connectivity index (χ1v) is 6.98. The maximum Gasteiger partial charge on any atom is 0.243 e. The molecule has 1 heterocycles. The average Bonchev–Trinajstić information content (AvgIpc) is 2.32. The number of hydrogen-bond donors (Lipinski definition) is 2. The number of rotatable bonds is 2. The number of hydrogen-bond acceptors (Lipinski definition) is 4. The molecule has 98 valence electrons. The van der Waals surface area contributed by atoms with E-state index < -0.39 is 10.0 Å². The van der Waals surface area contributed by atoms with E-state index in [-0.39, 0.29) is 23.9 Å². The van der Waals surface area contributed by atoms with E-state index in [1.54, 1.807) is 13.0 Å². The van der Waals surface area contributed by atoms with Crippen LogP contribution in [0.2, 0.25) is 0 Å². The van der Waals surface area contributed by atoms with Crippen molar-refractivity contribution in [2.45, 2.75) is 11.8 Å². The molecule has 18 heavy (non-hydrogen) atoms. The number of anilines is 1. The van der Waals surface area contributed by atoms with E-state index >= 15 is 0 Å². The van der Waals surface area contributed by atoms with Gasteiger partial charge in [-0.3, -0.25) is 4.79 Å². The van der Waals surface area contributed by atoms with Crippen molar-refractivity contribution in [2.75, 3.05) is 25.4 Å². The quantitative estimate of drug-likeness (QED) is 0.721. The van der Waals surface area contributed by atoms with Crippen molar-refractivity contribution in [3.63, 3.8) is 0 Å². The van der Waals surface area contributed by atoms with E-state index in [1.807, 2.05) is 0 Å². The van der Waals surface area contributed by atoms with Gasteiger partial charge in [0.1, 0.15) is 0 Å². The van der Waals surface area contributed by atoms with Gasteiger partial charge in [0, 0.05) is 18.8 Å². The Bertz CT molecular complexity index is 583. The lowest BCUT2D eigenvalue weighted by molar-refractivity contribution is -0.122. The van der Waals surface area contributed by atoms with Crippen molar-refractivity contribution in [1.29, 1.82) is 0 Å². The Balaban J connectivity index is 2.35. The van der Waals surface area contributed by atoms with Gasteiger partial charge in [-0.1, -0.05) is 0 Å². The van der Waals surface area contributed by atoms with Gasteiger partial charge in [0.2, 0.25) is 15.9 Å². The molecular weight excluding hydrogens is 254 g/mol. The fourth-order valence-electron chi connectivity index (χ4n) is 1.78. The molecule has 1 aliphatic rings. The van der Waals surface area contributed by atoms with Gasteiger partial charge >= 0.3 is 0 Å². The molecular formula is C11H15N3O3S. The fraction of sp³-hybridized carbons (Fsp3) is 0.364. The van der Waals surface area contributed by atoms with Crippen LogP contribution in [0.3, 0.4) is 0 Å². The lowest BCUT2D eigenvalue weighted by Gasteiger charge is -2.26. The number of sulfonamides is 1. The highest BCUT2D eigenvalue weighted by molar-refractivity contribution is 7.89. The summed E-state index contributed by atoms with van der Waals surface area (Å²) in [7, 11) is -3.62. The molecule has 0 spiro atoms. The summed E-state index contributed by atoms with van der Waals surface area (Å²) in [6.07, 6.45) is 0. The van der Waals surface area contributed by atoms with Crippen molar-refractivity contribution in [2.24, 2.45) is 0 Å². The van der Waals surface area contributed by atoms with Crippen LogP contribution in [0.5, 0.6) is 0 Å². The van der Waals surface area contributed by atoms with Crippen molar-refractivity contribution >= 4 is 21.6 Å². The predicted molar refractivity (Wildman–Crippen MR) is 67.4 cm³/mol. The molecule has 0 bridgehead atoms. The highest BCUT2D eigenvalue weighted by atomic mass is 32.2. The highest BCUT2D eigenvalue weighted by Gasteiger charge is 2.29. The Morgan fingerprint density at radius 3 is 2.72 bits per heavy atom. The fourth-order valence-corrected chi connectivity index (χ4v) is 3.26. The summed E-state index contributed by atoms with van der Waals surface area (Å²) >= 11 is 0. The molecule has 1 amide bonds. The molecule has 0 radical (unpaired) electrons. The van der Waals surface area contributed by atoms with E-state index in [9.17, 15) is 13.2 Å². The summed E-state index contributed by atoms with van der Waals surface area (Å²) in [5, 5.41) is 2.59. The summed E-state index contributed by atoms with van der Waals surface area (Å²) < 4.78 is 25.8. The van der Waals surface area contributed by atoms with Crippen molar-refractivity contribution in [3.05, 3.63) is 23.8 Å². The Morgan fingerprint density at radius 2 is 2.11 bits per heavy atom. The van der Waals surface area contributed by atoms with Crippen LogP contribution in [-0.2, 0) is 14.8 Å². The third kappa shape index (κ3) is 2.32. The van der Waals surface area contributed by atoms with E-state index in [0.29, 0.717) is 17.8 Å². The standard InChI is InChI=1S/C11H15N3O3S/c1-8-6-9(2-3-10(8)12)18(16,17)14-5-4-13-11(15)7-14/h2-3,6H,4-5,7,12H2,1H3,(H,13,15). The lowest BCUT2D eigenvalue weighted by Crippen LogP contribution is -2.49. The van der Waals surface area contributed by atoms with Crippen LogP contribution in [0.15, 0.2) is 23.1 Å². The molecule has 0 aliphatic carbocycles. The van der Waals surface area contributed by atoms with Crippen molar-refractivity contribution in [1.82, 2.24) is 9.62 Å². The number of nitrogen functional groups attached to an aromatic ring is 1. The van der Waals surface area contributed by atoms with Crippen LogP contribution in [0.25, 0.3) is 0 Å². The first-order valence-electron chi connectivity index (χ1n) is 5.54.